The van der Waals surface area contributed by atoms with E-state index >= 15 is 0 Å². The van der Waals surface area contributed by atoms with Crippen molar-refractivity contribution in [3.63, 3.8) is 0 Å². The lowest BCUT2D eigenvalue weighted by Crippen LogP contribution is -2.47. The van der Waals surface area contributed by atoms with Crippen molar-refractivity contribution in [1.82, 2.24) is 25.2 Å². The van der Waals surface area contributed by atoms with E-state index in [1.54, 1.807) is 32.9 Å². The van der Waals surface area contributed by atoms with E-state index in [0.29, 0.717) is 29.2 Å². The van der Waals surface area contributed by atoms with Crippen molar-refractivity contribution in [2.24, 2.45) is 7.05 Å². The first-order valence-corrected chi connectivity index (χ1v) is 11.9. The van der Waals surface area contributed by atoms with E-state index in [9.17, 15) is 31.1 Å². The second-order valence-electron chi connectivity index (χ2n) is 9.15. The maximum atomic E-state index is 13.6. The molecule has 210 valence electrons. The van der Waals surface area contributed by atoms with Crippen molar-refractivity contribution in [3.05, 3.63) is 58.4 Å². The number of hydrogen-bond acceptors (Lipinski definition) is 7. The summed E-state index contributed by atoms with van der Waals surface area (Å²) in [6, 6.07) is 3.57. The molecule has 1 amide bonds. The van der Waals surface area contributed by atoms with Gasteiger partial charge in [0.25, 0.3) is 5.95 Å². The van der Waals surface area contributed by atoms with Crippen LogP contribution >= 0.6 is 0 Å². The molecule has 1 aromatic carbocycles. The molecule has 2 aromatic heterocycles. The van der Waals surface area contributed by atoms with Crippen molar-refractivity contribution in [1.29, 1.82) is 0 Å². The van der Waals surface area contributed by atoms with Crippen LogP contribution in [0.5, 0.6) is 0 Å². The summed E-state index contributed by atoms with van der Waals surface area (Å²) in [5.74, 6) is -0.0282. The number of aryl methyl sites for hydroxylation is 2. The summed E-state index contributed by atoms with van der Waals surface area (Å²) < 4.78 is 86.5. The predicted molar refractivity (Wildman–Crippen MR) is 127 cm³/mol. The fourth-order valence-corrected chi connectivity index (χ4v) is 4.56. The Labute approximate surface area is 219 Å². The smallest absolute Gasteiger partial charge is 0.416 e. The summed E-state index contributed by atoms with van der Waals surface area (Å²) >= 11 is 0. The molecule has 1 unspecified atom stereocenters. The quantitative estimate of drug-likeness (QED) is 0.385. The van der Waals surface area contributed by atoms with Crippen LogP contribution in [0.15, 0.2) is 30.3 Å². The molecule has 1 aliphatic heterocycles. The fourth-order valence-electron chi connectivity index (χ4n) is 4.56. The second-order valence-corrected chi connectivity index (χ2v) is 9.15. The van der Waals surface area contributed by atoms with Crippen LogP contribution in [0.4, 0.5) is 42.8 Å². The van der Waals surface area contributed by atoms with Gasteiger partial charge in [0, 0.05) is 18.3 Å². The average molecular weight is 557 g/mol. The van der Waals surface area contributed by atoms with Crippen LogP contribution < -0.4 is 9.80 Å². The minimum Gasteiger partial charge on any atom is -0.449 e. The Kier molecular flexibility index (Phi) is 7.45. The number of rotatable bonds is 5. The van der Waals surface area contributed by atoms with Gasteiger partial charge in [0.1, 0.15) is 0 Å². The van der Waals surface area contributed by atoms with Crippen LogP contribution in [0, 0.1) is 6.92 Å². The van der Waals surface area contributed by atoms with Crippen LogP contribution in [-0.4, -0.2) is 43.9 Å². The van der Waals surface area contributed by atoms with E-state index in [0.717, 1.165) is 4.80 Å². The number of tetrazole rings is 1. The molecule has 0 bridgehead atoms. The highest BCUT2D eigenvalue weighted by Gasteiger charge is 2.41. The van der Waals surface area contributed by atoms with Crippen LogP contribution in [0.3, 0.4) is 0 Å². The van der Waals surface area contributed by atoms with Crippen LogP contribution in [0.1, 0.15) is 54.4 Å². The molecule has 0 aliphatic carbocycles. The zero-order chi connectivity index (χ0) is 28.7. The van der Waals surface area contributed by atoms with Crippen LogP contribution in [0.25, 0.3) is 0 Å². The first-order chi connectivity index (χ1) is 18.2. The Balaban J connectivity index is 1.86. The highest BCUT2D eigenvalue weighted by atomic mass is 19.4. The summed E-state index contributed by atoms with van der Waals surface area (Å²) in [5, 5.41) is 12.0. The number of amides is 1. The lowest BCUT2D eigenvalue weighted by atomic mass is 9.94. The number of alkyl halides is 6. The van der Waals surface area contributed by atoms with Gasteiger partial charge in [-0.1, -0.05) is 5.10 Å². The Morgan fingerprint density at radius 2 is 1.74 bits per heavy atom. The Morgan fingerprint density at radius 1 is 1.10 bits per heavy atom. The number of ether oxygens (including phenoxy) is 1. The molecule has 0 fully saturated rings. The number of pyridine rings is 1. The van der Waals surface area contributed by atoms with Crippen LogP contribution in [0.2, 0.25) is 0 Å². The number of benzene rings is 1. The molecule has 2 atom stereocenters. The lowest BCUT2D eigenvalue weighted by Gasteiger charge is -2.42. The van der Waals surface area contributed by atoms with E-state index in [2.05, 4.69) is 20.4 Å². The van der Waals surface area contributed by atoms with E-state index in [1.165, 1.54) is 16.8 Å². The molecule has 3 heterocycles. The minimum absolute atomic E-state index is 0.0282. The minimum atomic E-state index is -5.00. The number of carbonyl (C=O) groups excluding carboxylic acids is 1. The zero-order valence-electron chi connectivity index (χ0n) is 21.4. The van der Waals surface area contributed by atoms with E-state index in [-0.39, 0.29) is 30.6 Å². The number of halogens is 6. The van der Waals surface area contributed by atoms with Crippen molar-refractivity contribution in [3.8, 4) is 0 Å². The van der Waals surface area contributed by atoms with Crippen molar-refractivity contribution in [2.45, 2.75) is 58.2 Å². The third-order valence-electron chi connectivity index (χ3n) is 6.22. The highest BCUT2D eigenvalue weighted by Crippen LogP contribution is 2.42. The Hall–Kier alpha value is -3.91. The highest BCUT2D eigenvalue weighted by molar-refractivity contribution is 5.90. The second kappa shape index (κ2) is 10.3. The number of aromatic nitrogens is 5. The molecular weight excluding hydrogens is 532 g/mol. The number of fused-ring (bicyclic) bond motifs is 1. The molecule has 3 aromatic rings. The molecule has 15 heteroatoms. The molecule has 4 rings (SSSR count). The number of anilines is 2. The zero-order valence-corrected chi connectivity index (χ0v) is 21.4. The van der Waals surface area contributed by atoms with E-state index in [4.69, 9.17) is 4.74 Å². The summed E-state index contributed by atoms with van der Waals surface area (Å²) in [6.45, 7) is 4.84. The SMILES string of the molecule is CCOC(=O)N1c2ccc(C)nc2[C@@H](N(Cc2cc(C(F)(F)F)cc(C(F)(F)F)c2)c2nnn(C)n2)CC1C. The predicted octanol–water partition coefficient (Wildman–Crippen LogP) is 5.45. The monoisotopic (exact) mass is 557 g/mol. The molecule has 0 spiro atoms. The Bertz CT molecular complexity index is 1330. The van der Waals surface area contributed by atoms with Crippen molar-refractivity contribution in [2.75, 3.05) is 16.4 Å². The Morgan fingerprint density at radius 3 is 2.28 bits per heavy atom. The average Bonchev–Trinajstić information content (AvgIpc) is 3.27. The van der Waals surface area contributed by atoms with Gasteiger partial charge >= 0.3 is 18.4 Å². The summed E-state index contributed by atoms with van der Waals surface area (Å²) in [4.78, 5) is 21.4. The largest absolute Gasteiger partial charge is 0.449 e. The standard InChI is InChI=1S/C24H25F6N7O2/c1-5-39-22(38)37-14(3)8-19(20-18(37)7-6-13(2)31-20)36(21-32-34-35(4)33-21)12-15-9-16(23(25,26)27)11-17(10-15)24(28,29)30/h6-7,9-11,14,19H,5,8,12H2,1-4H3/t14?,19-/m0/s1. The van der Waals surface area contributed by atoms with Gasteiger partial charge in [-0.15, -0.1) is 5.10 Å². The lowest BCUT2D eigenvalue weighted by molar-refractivity contribution is -0.143. The van der Waals surface area contributed by atoms with Gasteiger partial charge in [-0.2, -0.15) is 31.1 Å². The molecule has 0 saturated carbocycles. The molecule has 9 nitrogen and oxygen atoms in total. The molecule has 0 saturated heterocycles. The maximum absolute atomic E-state index is 13.6. The number of nitrogens with zero attached hydrogens (tertiary/aromatic N) is 7. The third-order valence-corrected chi connectivity index (χ3v) is 6.22. The van der Waals surface area contributed by atoms with Gasteiger partial charge in [-0.3, -0.25) is 9.88 Å². The summed E-state index contributed by atoms with van der Waals surface area (Å²) in [6.07, 6.45) is -10.4. The molecule has 0 radical (unpaired) electrons. The molecule has 1 aliphatic rings. The fraction of sp³-hybridized carbons (Fsp3) is 0.458. The summed E-state index contributed by atoms with van der Waals surface area (Å²) in [7, 11) is 1.48. The van der Waals surface area contributed by atoms with Crippen molar-refractivity contribution >= 4 is 17.7 Å². The maximum Gasteiger partial charge on any atom is 0.416 e. The van der Waals surface area contributed by atoms with Gasteiger partial charge in [-0.05, 0) is 68.3 Å². The number of carbonyl (C=O) groups is 1. The third kappa shape index (κ3) is 5.91. The normalized spacial score (nSPS) is 17.6. The molecule has 0 N–H and O–H groups in total. The van der Waals surface area contributed by atoms with Gasteiger partial charge < -0.3 is 9.64 Å². The molecular formula is C24H25F6N7O2. The van der Waals surface area contributed by atoms with Crippen LogP contribution in [-0.2, 0) is 30.7 Å². The first-order valence-electron chi connectivity index (χ1n) is 11.9. The first kappa shape index (κ1) is 28.1. The van der Waals surface area contributed by atoms with Gasteiger partial charge in [0.2, 0.25) is 0 Å². The van der Waals surface area contributed by atoms with Gasteiger partial charge in [-0.25, -0.2) is 4.79 Å². The van der Waals surface area contributed by atoms with E-state index < -0.39 is 48.2 Å². The van der Waals surface area contributed by atoms with Gasteiger partial charge in [0.05, 0.1) is 42.2 Å². The van der Waals surface area contributed by atoms with Crippen molar-refractivity contribution < 1.29 is 35.9 Å². The number of hydrogen-bond donors (Lipinski definition) is 0. The topological polar surface area (TPSA) is 89.3 Å². The van der Waals surface area contributed by atoms with Gasteiger partial charge in [0.15, 0.2) is 0 Å². The molecule has 39 heavy (non-hydrogen) atoms. The van der Waals surface area contributed by atoms with E-state index in [1.807, 2.05) is 0 Å². The summed E-state index contributed by atoms with van der Waals surface area (Å²) in [5.41, 5.74) is -1.77.